The molecular weight excluding hydrogens is 320 g/mol. The van der Waals surface area contributed by atoms with Crippen molar-refractivity contribution in [1.29, 1.82) is 0 Å². The van der Waals surface area contributed by atoms with Crippen LogP contribution < -0.4 is 19.5 Å². The first-order chi connectivity index (χ1) is 11.5. The van der Waals surface area contributed by atoms with Gasteiger partial charge in [-0.15, -0.1) is 0 Å². The van der Waals surface area contributed by atoms with E-state index in [-0.39, 0.29) is 25.2 Å². The number of hydrogen-bond acceptors (Lipinski definition) is 4. The van der Waals surface area contributed by atoms with Crippen molar-refractivity contribution in [1.82, 2.24) is 5.32 Å². The van der Waals surface area contributed by atoms with Crippen molar-refractivity contribution in [2.45, 2.75) is 13.0 Å². The summed E-state index contributed by atoms with van der Waals surface area (Å²) in [6, 6.07) is 7.97. The summed E-state index contributed by atoms with van der Waals surface area (Å²) in [5.74, 6) is -0.885. The summed E-state index contributed by atoms with van der Waals surface area (Å²) in [5.41, 5.74) is 0.834. The molecule has 0 aromatic heterocycles. The van der Waals surface area contributed by atoms with Crippen LogP contribution >= 0.6 is 0 Å². The normalized spacial score (nSPS) is 13.5. The minimum Gasteiger partial charge on any atom is -0.481 e. The largest absolute Gasteiger partial charge is 0.481 e. The van der Waals surface area contributed by atoms with Gasteiger partial charge in [0.25, 0.3) is 5.91 Å². The number of benzene rings is 2. The average Bonchev–Trinajstić information content (AvgIpc) is 3.01. The molecule has 1 heterocycles. The lowest BCUT2D eigenvalue weighted by atomic mass is 10.1. The lowest BCUT2D eigenvalue weighted by molar-refractivity contribution is -0.123. The fourth-order valence-corrected chi connectivity index (χ4v) is 2.28. The van der Waals surface area contributed by atoms with Crippen molar-refractivity contribution in [2.24, 2.45) is 0 Å². The Labute approximate surface area is 137 Å². The number of rotatable bonds is 5. The van der Waals surface area contributed by atoms with E-state index >= 15 is 0 Å². The van der Waals surface area contributed by atoms with Gasteiger partial charge in [0.15, 0.2) is 29.7 Å². The molecule has 0 aliphatic carbocycles. The van der Waals surface area contributed by atoms with Crippen molar-refractivity contribution < 1.29 is 27.8 Å². The van der Waals surface area contributed by atoms with Crippen LogP contribution in [-0.4, -0.2) is 19.3 Å². The second-order valence-corrected chi connectivity index (χ2v) is 5.27. The Kier molecular flexibility index (Phi) is 4.50. The minimum atomic E-state index is -0.855. The van der Waals surface area contributed by atoms with E-state index in [4.69, 9.17) is 14.2 Å². The third-order valence-electron chi connectivity index (χ3n) is 3.53. The van der Waals surface area contributed by atoms with E-state index in [9.17, 15) is 13.6 Å². The highest BCUT2D eigenvalue weighted by molar-refractivity contribution is 5.78. The van der Waals surface area contributed by atoms with Crippen molar-refractivity contribution >= 4 is 5.91 Å². The van der Waals surface area contributed by atoms with Gasteiger partial charge in [-0.2, -0.15) is 0 Å². The molecule has 1 atom stereocenters. The fourth-order valence-electron chi connectivity index (χ4n) is 2.28. The Bertz CT molecular complexity index is 766. The number of ether oxygens (including phenoxy) is 3. The van der Waals surface area contributed by atoms with E-state index in [2.05, 4.69) is 5.32 Å². The van der Waals surface area contributed by atoms with Crippen molar-refractivity contribution in [3.63, 3.8) is 0 Å². The van der Waals surface area contributed by atoms with Gasteiger partial charge in [0.05, 0.1) is 6.04 Å². The topological polar surface area (TPSA) is 56.8 Å². The number of halogens is 2. The van der Waals surface area contributed by atoms with Gasteiger partial charge in [0.2, 0.25) is 6.79 Å². The Balaban J connectivity index is 1.56. The first-order valence-electron chi connectivity index (χ1n) is 7.29. The van der Waals surface area contributed by atoms with Crippen LogP contribution in [-0.2, 0) is 4.79 Å². The number of nitrogens with one attached hydrogen (secondary N) is 1. The zero-order chi connectivity index (χ0) is 17.1. The van der Waals surface area contributed by atoms with Gasteiger partial charge >= 0.3 is 0 Å². The van der Waals surface area contributed by atoms with E-state index in [0.29, 0.717) is 17.6 Å². The van der Waals surface area contributed by atoms with E-state index in [1.165, 1.54) is 0 Å². The Morgan fingerprint density at radius 1 is 1.21 bits per heavy atom. The first kappa shape index (κ1) is 16.0. The number of carbonyl (C=O) groups is 1. The second-order valence-electron chi connectivity index (χ2n) is 5.27. The summed E-state index contributed by atoms with van der Waals surface area (Å²) in [6.07, 6.45) is 0. The molecule has 1 aliphatic rings. The molecule has 1 N–H and O–H groups in total. The van der Waals surface area contributed by atoms with Crippen molar-refractivity contribution in [3.8, 4) is 17.2 Å². The van der Waals surface area contributed by atoms with E-state index < -0.39 is 17.5 Å². The molecule has 24 heavy (non-hydrogen) atoms. The Morgan fingerprint density at radius 2 is 2.00 bits per heavy atom. The van der Waals surface area contributed by atoms with Crippen LogP contribution in [0.25, 0.3) is 0 Å². The second kappa shape index (κ2) is 6.74. The van der Waals surface area contributed by atoms with Crippen LogP contribution in [0.3, 0.4) is 0 Å². The molecule has 2 aromatic carbocycles. The summed E-state index contributed by atoms with van der Waals surface area (Å²) in [6.45, 7) is 1.60. The molecular formula is C17H15F2NO4. The summed E-state index contributed by atoms with van der Waals surface area (Å²) in [4.78, 5) is 11.9. The standard InChI is InChI=1S/C17H15F2NO4/c1-10(11-2-4-15-16(6-11)24-9-23-15)20-17(21)8-22-14-5-3-12(18)7-13(14)19/h2-7,10H,8-9H2,1H3,(H,20,21)/t10-/m0/s1. The fraction of sp³-hybridized carbons (Fsp3) is 0.235. The molecule has 3 rings (SSSR count). The monoisotopic (exact) mass is 335 g/mol. The minimum absolute atomic E-state index is 0.177. The van der Waals surface area contributed by atoms with Gasteiger partial charge < -0.3 is 19.5 Å². The van der Waals surface area contributed by atoms with Gasteiger partial charge in [0.1, 0.15) is 5.82 Å². The molecule has 126 valence electrons. The third kappa shape index (κ3) is 3.56. The zero-order valence-electron chi connectivity index (χ0n) is 12.8. The lowest BCUT2D eigenvalue weighted by Crippen LogP contribution is -2.31. The van der Waals surface area contributed by atoms with Gasteiger partial charge in [-0.1, -0.05) is 6.07 Å². The smallest absolute Gasteiger partial charge is 0.258 e. The summed E-state index contributed by atoms with van der Waals surface area (Å²) < 4.78 is 41.8. The van der Waals surface area contributed by atoms with Crippen molar-refractivity contribution in [3.05, 3.63) is 53.6 Å². The predicted octanol–water partition coefficient (Wildman–Crippen LogP) is 2.95. The molecule has 0 unspecified atom stereocenters. The number of carbonyl (C=O) groups excluding carboxylic acids is 1. The maximum absolute atomic E-state index is 13.4. The molecule has 1 aliphatic heterocycles. The molecule has 0 radical (unpaired) electrons. The molecule has 5 nitrogen and oxygen atoms in total. The van der Waals surface area contributed by atoms with Crippen LogP contribution in [0.2, 0.25) is 0 Å². The number of hydrogen-bond donors (Lipinski definition) is 1. The molecule has 0 saturated carbocycles. The highest BCUT2D eigenvalue weighted by Crippen LogP contribution is 2.34. The van der Waals surface area contributed by atoms with Crippen LogP contribution in [0.5, 0.6) is 17.2 Å². The summed E-state index contributed by atoms with van der Waals surface area (Å²) in [5, 5.41) is 2.73. The first-order valence-corrected chi connectivity index (χ1v) is 7.29. The van der Waals surface area contributed by atoms with Gasteiger partial charge in [-0.3, -0.25) is 4.79 Å². The highest BCUT2D eigenvalue weighted by atomic mass is 19.1. The van der Waals surface area contributed by atoms with Crippen molar-refractivity contribution in [2.75, 3.05) is 13.4 Å². The number of fused-ring (bicyclic) bond motifs is 1. The highest BCUT2D eigenvalue weighted by Gasteiger charge is 2.17. The van der Waals surface area contributed by atoms with Gasteiger partial charge in [0, 0.05) is 6.07 Å². The quantitative estimate of drug-likeness (QED) is 0.913. The van der Waals surface area contributed by atoms with Crippen LogP contribution in [0.4, 0.5) is 8.78 Å². The zero-order valence-corrected chi connectivity index (χ0v) is 12.8. The van der Waals surface area contributed by atoms with Gasteiger partial charge in [-0.25, -0.2) is 8.78 Å². The average molecular weight is 335 g/mol. The van der Waals surface area contributed by atoms with Crippen LogP contribution in [0, 0.1) is 11.6 Å². The molecule has 0 spiro atoms. The van der Waals surface area contributed by atoms with E-state index in [0.717, 1.165) is 17.7 Å². The Hall–Kier alpha value is -2.83. The SMILES string of the molecule is C[C@H](NC(=O)COc1ccc(F)cc1F)c1ccc2c(c1)OCO2. The van der Waals surface area contributed by atoms with Crippen LogP contribution in [0.1, 0.15) is 18.5 Å². The van der Waals surface area contributed by atoms with E-state index in [1.807, 2.05) is 6.07 Å². The maximum atomic E-state index is 13.4. The molecule has 1 amide bonds. The molecule has 7 heteroatoms. The Morgan fingerprint density at radius 3 is 2.79 bits per heavy atom. The molecule has 0 fully saturated rings. The molecule has 2 aromatic rings. The van der Waals surface area contributed by atoms with Gasteiger partial charge in [-0.05, 0) is 36.8 Å². The summed E-state index contributed by atoms with van der Waals surface area (Å²) in [7, 11) is 0. The van der Waals surface area contributed by atoms with Crippen LogP contribution in [0.15, 0.2) is 36.4 Å². The van der Waals surface area contributed by atoms with E-state index in [1.54, 1.807) is 19.1 Å². The predicted molar refractivity (Wildman–Crippen MR) is 81.0 cm³/mol. The molecule has 0 saturated heterocycles. The maximum Gasteiger partial charge on any atom is 0.258 e. The lowest BCUT2D eigenvalue weighted by Gasteiger charge is -2.15. The molecule has 0 bridgehead atoms. The summed E-state index contributed by atoms with van der Waals surface area (Å²) >= 11 is 0. The third-order valence-corrected chi connectivity index (χ3v) is 3.53. The number of amides is 1.